The third-order valence-electron chi connectivity index (χ3n) is 3.63. The minimum atomic E-state index is -0.332. The summed E-state index contributed by atoms with van der Waals surface area (Å²) < 4.78 is 24.2. The number of benzene rings is 2. The normalized spacial score (nSPS) is 10.4. The molecule has 134 valence electrons. The van der Waals surface area contributed by atoms with Gasteiger partial charge in [0.15, 0.2) is 0 Å². The van der Waals surface area contributed by atoms with E-state index >= 15 is 0 Å². The molecule has 1 amide bonds. The lowest BCUT2D eigenvalue weighted by atomic mass is 10.2. The molecule has 0 aliphatic heterocycles. The Morgan fingerprint density at radius 3 is 2.50 bits per heavy atom. The Morgan fingerprint density at radius 2 is 1.85 bits per heavy atom. The number of carbonyl (C=O) groups is 1. The summed E-state index contributed by atoms with van der Waals surface area (Å²) in [5.41, 5.74) is 1.58. The number of anilines is 1. The van der Waals surface area contributed by atoms with E-state index in [2.05, 4.69) is 10.3 Å². The molecule has 0 bridgehead atoms. The van der Waals surface area contributed by atoms with Crippen LogP contribution >= 0.6 is 11.3 Å². The number of methoxy groups -OCH3 is 2. The number of carbonyl (C=O) groups excluding carboxylic acids is 1. The highest BCUT2D eigenvalue weighted by atomic mass is 32.1. The number of hydrogen-bond donors (Lipinski definition) is 1. The third-order valence-corrected chi connectivity index (χ3v) is 4.56. The summed E-state index contributed by atoms with van der Waals surface area (Å²) in [6.07, 6.45) is 0.0878. The van der Waals surface area contributed by atoms with Crippen LogP contribution in [0.5, 0.6) is 11.5 Å². The van der Waals surface area contributed by atoms with Crippen LogP contribution in [0.1, 0.15) is 5.69 Å². The summed E-state index contributed by atoms with van der Waals surface area (Å²) >= 11 is 1.31. The molecule has 0 saturated heterocycles. The van der Waals surface area contributed by atoms with Crippen molar-refractivity contribution in [3.8, 4) is 22.1 Å². The molecule has 26 heavy (non-hydrogen) atoms. The topological polar surface area (TPSA) is 60.5 Å². The zero-order valence-corrected chi connectivity index (χ0v) is 15.1. The lowest BCUT2D eigenvalue weighted by Crippen LogP contribution is -2.14. The maximum absolute atomic E-state index is 13.8. The second-order valence-electron chi connectivity index (χ2n) is 5.45. The minimum absolute atomic E-state index is 0.0878. The second-order valence-corrected chi connectivity index (χ2v) is 6.31. The summed E-state index contributed by atoms with van der Waals surface area (Å²) in [7, 11) is 3.08. The highest BCUT2D eigenvalue weighted by Gasteiger charge is 2.12. The lowest BCUT2D eigenvalue weighted by Gasteiger charge is -2.09. The number of amides is 1. The summed E-state index contributed by atoms with van der Waals surface area (Å²) in [4.78, 5) is 16.7. The average Bonchev–Trinajstić information content (AvgIpc) is 3.09. The molecule has 5 nitrogen and oxygen atoms in total. The van der Waals surface area contributed by atoms with Crippen LogP contribution in [0.25, 0.3) is 10.6 Å². The lowest BCUT2D eigenvalue weighted by molar-refractivity contribution is -0.115. The number of halogens is 1. The Morgan fingerprint density at radius 1 is 1.15 bits per heavy atom. The van der Waals surface area contributed by atoms with Crippen LogP contribution in [0.4, 0.5) is 10.1 Å². The predicted octanol–water partition coefficient (Wildman–Crippen LogP) is 4.15. The van der Waals surface area contributed by atoms with Gasteiger partial charge in [-0.15, -0.1) is 11.3 Å². The fourth-order valence-corrected chi connectivity index (χ4v) is 3.24. The summed E-state index contributed by atoms with van der Waals surface area (Å²) in [5, 5.41) is 5.10. The number of nitrogens with zero attached hydrogens (tertiary/aromatic N) is 1. The molecule has 1 aromatic heterocycles. The number of nitrogens with one attached hydrogen (secondary N) is 1. The van der Waals surface area contributed by atoms with Crippen LogP contribution in [-0.4, -0.2) is 25.1 Å². The molecule has 0 aliphatic carbocycles. The zero-order chi connectivity index (χ0) is 18.5. The van der Waals surface area contributed by atoms with Crippen LogP contribution in [0.15, 0.2) is 47.8 Å². The molecule has 0 unspecified atom stereocenters. The SMILES string of the molecule is COc1cc(NC(=O)Cc2csc(-c3ccccc3F)n2)cc(OC)c1. The van der Waals surface area contributed by atoms with E-state index in [1.165, 1.54) is 17.4 Å². The number of aromatic nitrogens is 1. The average molecular weight is 372 g/mol. The fraction of sp³-hybridized carbons (Fsp3) is 0.158. The summed E-state index contributed by atoms with van der Waals surface area (Å²) in [6, 6.07) is 11.6. The quantitative estimate of drug-likeness (QED) is 0.706. The van der Waals surface area contributed by atoms with E-state index in [4.69, 9.17) is 9.47 Å². The Labute approximate surface area is 154 Å². The smallest absolute Gasteiger partial charge is 0.230 e. The first kappa shape index (κ1) is 17.9. The number of thiazole rings is 1. The van der Waals surface area contributed by atoms with Gasteiger partial charge in [0.1, 0.15) is 22.3 Å². The molecule has 0 radical (unpaired) electrons. The van der Waals surface area contributed by atoms with E-state index in [1.54, 1.807) is 56.0 Å². The van der Waals surface area contributed by atoms with Crippen molar-refractivity contribution in [2.75, 3.05) is 19.5 Å². The molecule has 3 rings (SSSR count). The van der Waals surface area contributed by atoms with E-state index < -0.39 is 0 Å². The van der Waals surface area contributed by atoms with Gasteiger partial charge in [0.25, 0.3) is 0 Å². The molecule has 3 aromatic rings. The van der Waals surface area contributed by atoms with Crippen LogP contribution < -0.4 is 14.8 Å². The summed E-state index contributed by atoms with van der Waals surface area (Å²) in [5.74, 6) is 0.595. The van der Waals surface area contributed by atoms with Crippen molar-refractivity contribution >= 4 is 22.9 Å². The Bertz CT molecular complexity index is 904. The number of hydrogen-bond acceptors (Lipinski definition) is 5. The first-order valence-corrected chi connectivity index (χ1v) is 8.69. The maximum Gasteiger partial charge on any atom is 0.230 e. The molecule has 2 aromatic carbocycles. The zero-order valence-electron chi connectivity index (χ0n) is 14.3. The van der Waals surface area contributed by atoms with Gasteiger partial charge in [-0.1, -0.05) is 12.1 Å². The molecule has 1 N–H and O–H groups in total. The van der Waals surface area contributed by atoms with Gasteiger partial charge in [-0.05, 0) is 12.1 Å². The van der Waals surface area contributed by atoms with Gasteiger partial charge in [0, 0.05) is 34.8 Å². The van der Waals surface area contributed by atoms with Crippen LogP contribution in [0.3, 0.4) is 0 Å². The van der Waals surface area contributed by atoms with Crippen molar-refractivity contribution in [3.63, 3.8) is 0 Å². The molecule has 0 atom stereocenters. The van der Waals surface area contributed by atoms with E-state index in [-0.39, 0.29) is 18.1 Å². The van der Waals surface area contributed by atoms with Crippen molar-refractivity contribution in [2.24, 2.45) is 0 Å². The molecule has 1 heterocycles. The molecular formula is C19H17FN2O3S. The van der Waals surface area contributed by atoms with Gasteiger partial charge in [0.2, 0.25) is 5.91 Å². The predicted molar refractivity (Wildman–Crippen MR) is 99.4 cm³/mol. The van der Waals surface area contributed by atoms with Gasteiger partial charge in [0.05, 0.1) is 26.3 Å². The van der Waals surface area contributed by atoms with Gasteiger partial charge >= 0.3 is 0 Å². The van der Waals surface area contributed by atoms with Gasteiger partial charge in [-0.2, -0.15) is 0 Å². The molecule has 0 saturated carbocycles. The highest BCUT2D eigenvalue weighted by molar-refractivity contribution is 7.13. The van der Waals surface area contributed by atoms with Gasteiger partial charge < -0.3 is 14.8 Å². The standard InChI is InChI=1S/C19H17FN2O3S/c1-24-14-7-12(8-15(10-14)25-2)21-18(23)9-13-11-26-19(22-13)16-5-3-4-6-17(16)20/h3-8,10-11H,9H2,1-2H3,(H,21,23). The Hall–Kier alpha value is -2.93. The molecule has 0 aliphatic rings. The minimum Gasteiger partial charge on any atom is -0.497 e. The van der Waals surface area contributed by atoms with E-state index in [9.17, 15) is 9.18 Å². The van der Waals surface area contributed by atoms with E-state index in [0.717, 1.165) is 0 Å². The maximum atomic E-state index is 13.8. The Kier molecular flexibility index (Phi) is 5.48. The van der Waals surface area contributed by atoms with Crippen LogP contribution in [0, 0.1) is 5.82 Å². The van der Waals surface area contributed by atoms with Crippen LogP contribution in [-0.2, 0) is 11.2 Å². The third kappa shape index (κ3) is 4.18. The van der Waals surface area contributed by atoms with Crippen molar-refractivity contribution in [1.82, 2.24) is 4.98 Å². The number of rotatable bonds is 6. The first-order valence-electron chi connectivity index (χ1n) is 7.81. The van der Waals surface area contributed by atoms with E-state index in [1.807, 2.05) is 0 Å². The van der Waals surface area contributed by atoms with Gasteiger partial charge in [-0.25, -0.2) is 9.37 Å². The highest BCUT2D eigenvalue weighted by Crippen LogP contribution is 2.27. The van der Waals surface area contributed by atoms with Crippen molar-refractivity contribution in [2.45, 2.75) is 6.42 Å². The largest absolute Gasteiger partial charge is 0.497 e. The van der Waals surface area contributed by atoms with Crippen molar-refractivity contribution in [3.05, 3.63) is 59.4 Å². The number of ether oxygens (including phenoxy) is 2. The van der Waals surface area contributed by atoms with Crippen molar-refractivity contribution in [1.29, 1.82) is 0 Å². The monoisotopic (exact) mass is 372 g/mol. The molecule has 7 heteroatoms. The molecule has 0 spiro atoms. The second kappa shape index (κ2) is 7.97. The summed E-state index contributed by atoms with van der Waals surface area (Å²) in [6.45, 7) is 0. The first-order chi connectivity index (χ1) is 12.6. The molecular weight excluding hydrogens is 355 g/mol. The van der Waals surface area contributed by atoms with Crippen molar-refractivity contribution < 1.29 is 18.7 Å². The van der Waals surface area contributed by atoms with Crippen LogP contribution in [0.2, 0.25) is 0 Å². The van der Waals surface area contributed by atoms with E-state index in [0.29, 0.717) is 33.5 Å². The van der Waals surface area contributed by atoms with Gasteiger partial charge in [-0.3, -0.25) is 4.79 Å². The molecule has 0 fully saturated rings. The fourth-order valence-electron chi connectivity index (χ4n) is 2.40. The Balaban J connectivity index is 1.70.